The molecule has 0 radical (unpaired) electrons. The summed E-state index contributed by atoms with van der Waals surface area (Å²) in [4.78, 5) is 14.2. The molecule has 128 valence electrons. The van der Waals surface area contributed by atoms with Crippen LogP contribution in [0.2, 0.25) is 0 Å². The third kappa shape index (κ3) is 4.31. The van der Waals surface area contributed by atoms with Gasteiger partial charge in [0.15, 0.2) is 0 Å². The van der Waals surface area contributed by atoms with Crippen LogP contribution in [-0.4, -0.2) is 38.9 Å². The van der Waals surface area contributed by atoms with Gasteiger partial charge in [-0.25, -0.2) is 9.07 Å². The number of likely N-dealkylation sites (tertiary alicyclic amines) is 1. The van der Waals surface area contributed by atoms with E-state index >= 15 is 0 Å². The predicted octanol–water partition coefficient (Wildman–Crippen LogP) is 2.25. The predicted molar refractivity (Wildman–Crippen MR) is 85.7 cm³/mol. The Balaban J connectivity index is 1.52. The van der Waals surface area contributed by atoms with Gasteiger partial charge in [-0.15, -0.1) is 5.10 Å². The van der Waals surface area contributed by atoms with Crippen LogP contribution in [0.3, 0.4) is 0 Å². The lowest BCUT2D eigenvalue weighted by molar-refractivity contribution is -0.133. The minimum Gasteiger partial charge on any atom is -0.487 e. The summed E-state index contributed by atoms with van der Waals surface area (Å²) in [6, 6.07) is 5.93. The van der Waals surface area contributed by atoms with Crippen LogP contribution >= 0.6 is 0 Å². The van der Waals surface area contributed by atoms with E-state index in [2.05, 4.69) is 17.2 Å². The number of hydrogen-bond acceptors (Lipinski definition) is 4. The van der Waals surface area contributed by atoms with Gasteiger partial charge in [0.1, 0.15) is 30.4 Å². The first-order valence-corrected chi connectivity index (χ1v) is 8.15. The molecule has 7 heteroatoms. The summed E-state index contributed by atoms with van der Waals surface area (Å²) in [5, 5.41) is 7.96. The van der Waals surface area contributed by atoms with Crippen LogP contribution in [0.4, 0.5) is 4.39 Å². The highest BCUT2D eigenvalue weighted by Crippen LogP contribution is 2.16. The van der Waals surface area contributed by atoms with E-state index in [0.29, 0.717) is 17.4 Å². The Morgan fingerprint density at radius 1 is 1.46 bits per heavy atom. The molecule has 0 aliphatic carbocycles. The molecule has 24 heavy (non-hydrogen) atoms. The number of rotatable bonds is 5. The molecule has 0 saturated carbocycles. The first-order chi connectivity index (χ1) is 11.6. The van der Waals surface area contributed by atoms with Gasteiger partial charge in [0, 0.05) is 19.2 Å². The summed E-state index contributed by atoms with van der Waals surface area (Å²) in [5.41, 5.74) is 0.596. The van der Waals surface area contributed by atoms with Gasteiger partial charge in [-0.2, -0.15) is 0 Å². The van der Waals surface area contributed by atoms with Crippen molar-refractivity contribution >= 4 is 5.91 Å². The average molecular weight is 332 g/mol. The van der Waals surface area contributed by atoms with Crippen LogP contribution in [0.25, 0.3) is 0 Å². The van der Waals surface area contributed by atoms with Crippen LogP contribution in [0.5, 0.6) is 5.75 Å². The number of ether oxygens (including phenoxy) is 1. The number of hydrogen-bond donors (Lipinski definition) is 0. The Kier molecular flexibility index (Phi) is 5.08. The third-order valence-electron chi connectivity index (χ3n) is 4.08. The van der Waals surface area contributed by atoms with Crippen LogP contribution in [0, 0.1) is 11.7 Å². The second kappa shape index (κ2) is 7.42. The minimum absolute atomic E-state index is 0.0593. The average Bonchev–Trinajstić information content (AvgIpc) is 3.00. The molecular weight excluding hydrogens is 311 g/mol. The van der Waals surface area contributed by atoms with Crippen LogP contribution in [-0.2, 0) is 17.9 Å². The Bertz CT molecular complexity index is 703. The Morgan fingerprint density at radius 2 is 2.33 bits per heavy atom. The molecule has 1 aromatic carbocycles. The van der Waals surface area contributed by atoms with Crippen molar-refractivity contribution in [1.82, 2.24) is 19.9 Å². The first-order valence-electron chi connectivity index (χ1n) is 8.15. The molecule has 0 N–H and O–H groups in total. The third-order valence-corrected chi connectivity index (χ3v) is 4.08. The lowest BCUT2D eigenvalue weighted by Gasteiger charge is -2.30. The zero-order chi connectivity index (χ0) is 16.9. The standard InChI is InChI=1S/C17H21FN4O2/c1-13-4-3-7-21(9-13)17(23)11-22-10-15(19-20-22)12-24-16-6-2-5-14(18)8-16/h2,5-6,8,10,13H,3-4,7,9,11-12H2,1H3. The van der Waals surface area contributed by atoms with E-state index in [9.17, 15) is 9.18 Å². The summed E-state index contributed by atoms with van der Waals surface area (Å²) in [6.07, 6.45) is 3.91. The van der Waals surface area contributed by atoms with E-state index in [0.717, 1.165) is 19.5 Å². The van der Waals surface area contributed by atoms with Gasteiger partial charge >= 0.3 is 0 Å². The molecule has 1 aromatic heterocycles. The van der Waals surface area contributed by atoms with Crippen molar-refractivity contribution in [1.29, 1.82) is 0 Å². The smallest absolute Gasteiger partial charge is 0.244 e. The lowest BCUT2D eigenvalue weighted by Crippen LogP contribution is -2.40. The largest absolute Gasteiger partial charge is 0.487 e. The van der Waals surface area contributed by atoms with Crippen molar-refractivity contribution in [3.05, 3.63) is 42.0 Å². The molecule has 1 aliphatic heterocycles. The van der Waals surface area contributed by atoms with Crippen molar-refractivity contribution < 1.29 is 13.9 Å². The number of carbonyl (C=O) groups excluding carboxylic acids is 1. The number of nitrogens with zero attached hydrogens (tertiary/aromatic N) is 4. The number of piperidine rings is 1. The maximum Gasteiger partial charge on any atom is 0.244 e. The van der Waals surface area contributed by atoms with E-state index in [4.69, 9.17) is 4.74 Å². The fraction of sp³-hybridized carbons (Fsp3) is 0.471. The molecule has 2 aromatic rings. The molecule has 2 heterocycles. The highest BCUT2D eigenvalue weighted by Gasteiger charge is 2.21. The molecule has 0 bridgehead atoms. The summed E-state index contributed by atoms with van der Waals surface area (Å²) in [5.74, 6) is 0.693. The van der Waals surface area contributed by atoms with E-state index in [1.165, 1.54) is 23.2 Å². The quantitative estimate of drug-likeness (QED) is 0.843. The Hall–Kier alpha value is -2.44. The van der Waals surface area contributed by atoms with Gasteiger partial charge in [0.25, 0.3) is 0 Å². The SMILES string of the molecule is CC1CCCN(C(=O)Cn2cc(COc3cccc(F)c3)nn2)C1. The molecule has 0 spiro atoms. The van der Waals surface area contributed by atoms with Crippen molar-refractivity contribution in [2.45, 2.75) is 32.9 Å². The molecule has 1 atom stereocenters. The zero-order valence-electron chi connectivity index (χ0n) is 13.7. The van der Waals surface area contributed by atoms with Crippen LogP contribution in [0.15, 0.2) is 30.5 Å². The maximum atomic E-state index is 13.1. The highest BCUT2D eigenvalue weighted by molar-refractivity contribution is 5.76. The summed E-state index contributed by atoms with van der Waals surface area (Å²) in [6.45, 7) is 4.14. The second-order valence-corrected chi connectivity index (χ2v) is 6.24. The number of carbonyl (C=O) groups is 1. The highest BCUT2D eigenvalue weighted by atomic mass is 19.1. The molecule has 1 fully saturated rings. The summed E-state index contributed by atoms with van der Waals surface area (Å²) in [7, 11) is 0. The fourth-order valence-corrected chi connectivity index (χ4v) is 2.85. The molecular formula is C17H21FN4O2. The fourth-order valence-electron chi connectivity index (χ4n) is 2.85. The van der Waals surface area contributed by atoms with Gasteiger partial charge < -0.3 is 9.64 Å². The second-order valence-electron chi connectivity index (χ2n) is 6.24. The maximum absolute atomic E-state index is 13.1. The van der Waals surface area contributed by atoms with Gasteiger partial charge in [-0.1, -0.05) is 18.2 Å². The molecule has 1 aliphatic rings. The van der Waals surface area contributed by atoms with Crippen LogP contribution in [0.1, 0.15) is 25.5 Å². The molecule has 1 saturated heterocycles. The summed E-state index contributed by atoms with van der Waals surface area (Å²) < 4.78 is 20.1. The van der Waals surface area contributed by atoms with E-state index < -0.39 is 0 Å². The number of amides is 1. The minimum atomic E-state index is -0.350. The van der Waals surface area contributed by atoms with Crippen molar-refractivity contribution in [2.24, 2.45) is 5.92 Å². The summed E-state index contributed by atoms with van der Waals surface area (Å²) >= 11 is 0. The molecule has 3 rings (SSSR count). The lowest BCUT2D eigenvalue weighted by atomic mass is 10.0. The van der Waals surface area contributed by atoms with Gasteiger partial charge in [0.05, 0.1) is 6.20 Å². The van der Waals surface area contributed by atoms with Gasteiger partial charge in [-0.05, 0) is 30.9 Å². The van der Waals surface area contributed by atoms with Crippen molar-refractivity contribution in [2.75, 3.05) is 13.1 Å². The van der Waals surface area contributed by atoms with Crippen molar-refractivity contribution in [3.8, 4) is 5.75 Å². The van der Waals surface area contributed by atoms with E-state index in [-0.39, 0.29) is 24.9 Å². The Morgan fingerprint density at radius 3 is 3.12 bits per heavy atom. The van der Waals surface area contributed by atoms with E-state index in [1.54, 1.807) is 18.3 Å². The normalized spacial score (nSPS) is 17.8. The Labute approximate surface area is 140 Å². The number of halogens is 1. The number of benzene rings is 1. The molecule has 1 unspecified atom stereocenters. The molecule has 6 nitrogen and oxygen atoms in total. The van der Waals surface area contributed by atoms with Crippen LogP contribution < -0.4 is 4.74 Å². The van der Waals surface area contributed by atoms with E-state index in [1.807, 2.05) is 4.90 Å². The van der Waals surface area contributed by atoms with Gasteiger partial charge in [-0.3, -0.25) is 4.79 Å². The zero-order valence-corrected chi connectivity index (χ0v) is 13.7. The number of aromatic nitrogens is 3. The first kappa shape index (κ1) is 16.4. The van der Waals surface area contributed by atoms with Crippen molar-refractivity contribution in [3.63, 3.8) is 0 Å². The van der Waals surface area contributed by atoms with Gasteiger partial charge in [0.2, 0.25) is 5.91 Å². The monoisotopic (exact) mass is 332 g/mol. The molecule has 1 amide bonds. The topological polar surface area (TPSA) is 60.2 Å².